The molecule has 0 aliphatic rings. The minimum Gasteiger partial charge on any atom is -0.299 e. The lowest BCUT2D eigenvalue weighted by atomic mass is 10.1. The van der Waals surface area contributed by atoms with Crippen molar-refractivity contribution in [1.82, 2.24) is 10.2 Å². The molecule has 1 aromatic carbocycles. The zero-order valence-electron chi connectivity index (χ0n) is 9.41. The SMILES string of the molecule is Cc1ccc(F)c(-c2nnc(NC(=O)CCl)s2)c1. The third-order valence-electron chi connectivity index (χ3n) is 2.14. The highest BCUT2D eigenvalue weighted by Gasteiger charge is 2.12. The first-order valence-corrected chi connectivity index (χ1v) is 6.41. The first-order chi connectivity index (χ1) is 8.60. The minimum atomic E-state index is -0.371. The molecule has 2 aromatic rings. The number of hydrogen-bond acceptors (Lipinski definition) is 4. The van der Waals surface area contributed by atoms with Gasteiger partial charge in [0.15, 0.2) is 5.01 Å². The second-order valence-electron chi connectivity index (χ2n) is 3.58. The predicted molar refractivity (Wildman–Crippen MR) is 69.4 cm³/mol. The largest absolute Gasteiger partial charge is 0.299 e. The van der Waals surface area contributed by atoms with Crippen LogP contribution in [0, 0.1) is 12.7 Å². The third kappa shape index (κ3) is 2.83. The number of rotatable bonds is 3. The summed E-state index contributed by atoms with van der Waals surface area (Å²) in [6.07, 6.45) is 0. The summed E-state index contributed by atoms with van der Waals surface area (Å²) in [6.45, 7) is 1.86. The van der Waals surface area contributed by atoms with E-state index in [-0.39, 0.29) is 17.6 Å². The lowest BCUT2D eigenvalue weighted by molar-refractivity contribution is -0.113. The van der Waals surface area contributed by atoms with Crippen LogP contribution in [0.5, 0.6) is 0 Å². The van der Waals surface area contributed by atoms with Gasteiger partial charge in [-0.25, -0.2) is 4.39 Å². The Morgan fingerprint density at radius 3 is 3.00 bits per heavy atom. The average molecular weight is 286 g/mol. The summed E-state index contributed by atoms with van der Waals surface area (Å²) >= 11 is 6.46. The fraction of sp³-hybridized carbons (Fsp3) is 0.182. The molecule has 0 fully saturated rings. The van der Waals surface area contributed by atoms with Gasteiger partial charge in [-0.15, -0.1) is 21.8 Å². The van der Waals surface area contributed by atoms with Crippen molar-refractivity contribution in [1.29, 1.82) is 0 Å². The lowest BCUT2D eigenvalue weighted by Gasteiger charge is -1.99. The Bertz CT molecular complexity index is 587. The Balaban J connectivity index is 2.29. The number of nitrogens with zero attached hydrogens (tertiary/aromatic N) is 2. The molecular weight excluding hydrogens is 277 g/mol. The molecule has 1 amide bonds. The van der Waals surface area contributed by atoms with Gasteiger partial charge in [0.1, 0.15) is 11.7 Å². The minimum absolute atomic E-state index is 0.159. The first kappa shape index (κ1) is 12.9. The number of carbonyl (C=O) groups excluding carboxylic acids is 1. The molecular formula is C11H9ClFN3OS. The van der Waals surface area contributed by atoms with Crippen LogP contribution < -0.4 is 5.32 Å². The van der Waals surface area contributed by atoms with Gasteiger partial charge in [-0.2, -0.15) is 0 Å². The first-order valence-electron chi connectivity index (χ1n) is 5.06. The molecule has 94 valence electrons. The summed E-state index contributed by atoms with van der Waals surface area (Å²) in [5.74, 6) is -0.899. The Hall–Kier alpha value is -1.53. The third-order valence-corrected chi connectivity index (χ3v) is 3.26. The van der Waals surface area contributed by atoms with Crippen LogP contribution >= 0.6 is 22.9 Å². The van der Waals surface area contributed by atoms with Crippen LogP contribution in [0.2, 0.25) is 0 Å². The van der Waals surface area contributed by atoms with Crippen molar-refractivity contribution in [3.05, 3.63) is 29.6 Å². The quantitative estimate of drug-likeness (QED) is 0.882. The summed E-state index contributed by atoms with van der Waals surface area (Å²) < 4.78 is 13.6. The van der Waals surface area contributed by atoms with Gasteiger partial charge in [-0.1, -0.05) is 23.0 Å². The molecule has 0 saturated carbocycles. The fourth-order valence-corrected chi connectivity index (χ4v) is 2.18. The van der Waals surface area contributed by atoms with Gasteiger partial charge < -0.3 is 0 Å². The second kappa shape index (κ2) is 5.41. The van der Waals surface area contributed by atoms with Gasteiger partial charge >= 0.3 is 0 Å². The zero-order valence-corrected chi connectivity index (χ0v) is 11.0. The van der Waals surface area contributed by atoms with Crippen molar-refractivity contribution in [3.8, 4) is 10.6 Å². The Kier molecular flexibility index (Phi) is 3.88. The number of halogens is 2. The van der Waals surface area contributed by atoms with Crippen LogP contribution in [-0.2, 0) is 4.79 Å². The van der Waals surface area contributed by atoms with Crippen LogP contribution in [-0.4, -0.2) is 22.0 Å². The lowest BCUT2D eigenvalue weighted by Crippen LogP contribution is -2.12. The normalized spacial score (nSPS) is 10.4. The van der Waals surface area contributed by atoms with E-state index in [1.54, 1.807) is 12.1 Å². The summed E-state index contributed by atoms with van der Waals surface area (Å²) in [5, 5.41) is 10.8. The molecule has 1 aromatic heterocycles. The van der Waals surface area contributed by atoms with Gasteiger partial charge in [0, 0.05) is 5.56 Å². The van der Waals surface area contributed by atoms with E-state index in [9.17, 15) is 9.18 Å². The van der Waals surface area contributed by atoms with Crippen LogP contribution in [0.25, 0.3) is 10.6 Å². The van der Waals surface area contributed by atoms with Gasteiger partial charge in [0.2, 0.25) is 11.0 Å². The van der Waals surface area contributed by atoms with E-state index in [0.717, 1.165) is 16.9 Å². The molecule has 0 unspecified atom stereocenters. The maximum atomic E-state index is 13.6. The summed E-state index contributed by atoms with van der Waals surface area (Å²) in [6, 6.07) is 4.74. The van der Waals surface area contributed by atoms with Gasteiger partial charge in [0.05, 0.1) is 0 Å². The number of alkyl halides is 1. The van der Waals surface area contributed by atoms with Crippen LogP contribution in [0.3, 0.4) is 0 Å². The number of hydrogen-bond donors (Lipinski definition) is 1. The molecule has 0 atom stereocenters. The molecule has 0 aliphatic heterocycles. The maximum Gasteiger partial charge on any atom is 0.241 e. The van der Waals surface area contributed by atoms with Crippen LogP contribution in [0.1, 0.15) is 5.56 Å². The van der Waals surface area contributed by atoms with E-state index in [0.29, 0.717) is 15.7 Å². The molecule has 0 aliphatic carbocycles. The van der Waals surface area contributed by atoms with Crippen molar-refractivity contribution in [3.63, 3.8) is 0 Å². The number of nitrogens with one attached hydrogen (secondary N) is 1. The maximum absolute atomic E-state index is 13.6. The molecule has 1 heterocycles. The standard InChI is InChI=1S/C11H9ClFN3OS/c1-6-2-3-8(13)7(4-6)10-15-16-11(18-10)14-9(17)5-12/h2-4H,5H2,1H3,(H,14,16,17). The van der Waals surface area contributed by atoms with Crippen LogP contribution in [0.15, 0.2) is 18.2 Å². The number of aromatic nitrogens is 2. The monoisotopic (exact) mass is 285 g/mol. The van der Waals surface area contributed by atoms with E-state index < -0.39 is 0 Å². The van der Waals surface area contributed by atoms with E-state index in [1.807, 2.05) is 6.92 Å². The zero-order chi connectivity index (χ0) is 13.1. The molecule has 1 N–H and O–H groups in total. The number of aryl methyl sites for hydroxylation is 1. The molecule has 0 bridgehead atoms. The molecule has 2 rings (SSSR count). The van der Waals surface area contributed by atoms with Crippen molar-refractivity contribution in [2.75, 3.05) is 11.2 Å². The van der Waals surface area contributed by atoms with Gasteiger partial charge in [-0.3, -0.25) is 10.1 Å². The van der Waals surface area contributed by atoms with Crippen molar-refractivity contribution < 1.29 is 9.18 Å². The van der Waals surface area contributed by atoms with E-state index >= 15 is 0 Å². The molecule has 0 spiro atoms. The molecule has 0 saturated heterocycles. The highest BCUT2D eigenvalue weighted by Crippen LogP contribution is 2.29. The predicted octanol–water partition coefficient (Wildman–Crippen LogP) is 2.83. The summed E-state index contributed by atoms with van der Waals surface area (Å²) in [4.78, 5) is 11.1. The molecule has 0 radical (unpaired) electrons. The van der Waals surface area contributed by atoms with Gasteiger partial charge in [0.25, 0.3) is 0 Å². The van der Waals surface area contributed by atoms with E-state index in [4.69, 9.17) is 11.6 Å². The number of amides is 1. The Morgan fingerprint density at radius 2 is 2.28 bits per heavy atom. The van der Waals surface area contributed by atoms with Gasteiger partial charge in [-0.05, 0) is 19.1 Å². The topological polar surface area (TPSA) is 54.9 Å². The van der Waals surface area contributed by atoms with E-state index in [1.165, 1.54) is 6.07 Å². The second-order valence-corrected chi connectivity index (χ2v) is 4.82. The van der Waals surface area contributed by atoms with Crippen LogP contribution in [0.4, 0.5) is 9.52 Å². The highest BCUT2D eigenvalue weighted by molar-refractivity contribution is 7.18. The summed E-state index contributed by atoms with van der Waals surface area (Å²) in [7, 11) is 0. The molecule has 18 heavy (non-hydrogen) atoms. The number of anilines is 1. The van der Waals surface area contributed by atoms with Crippen molar-refractivity contribution in [2.24, 2.45) is 0 Å². The smallest absolute Gasteiger partial charge is 0.241 e. The van der Waals surface area contributed by atoms with E-state index in [2.05, 4.69) is 15.5 Å². The molecule has 4 nitrogen and oxygen atoms in total. The fourth-order valence-electron chi connectivity index (χ4n) is 1.34. The Labute approximate surface area is 112 Å². The van der Waals surface area contributed by atoms with Crippen molar-refractivity contribution in [2.45, 2.75) is 6.92 Å². The molecule has 7 heteroatoms. The Morgan fingerprint density at radius 1 is 1.50 bits per heavy atom. The van der Waals surface area contributed by atoms with Crippen molar-refractivity contribution >= 4 is 34.0 Å². The highest BCUT2D eigenvalue weighted by atomic mass is 35.5. The number of benzene rings is 1. The average Bonchev–Trinajstić information content (AvgIpc) is 2.80. The number of carbonyl (C=O) groups is 1. The summed E-state index contributed by atoms with van der Waals surface area (Å²) in [5.41, 5.74) is 1.30.